The summed E-state index contributed by atoms with van der Waals surface area (Å²) in [6.45, 7) is 3.93. The van der Waals surface area contributed by atoms with E-state index in [0.29, 0.717) is 12.1 Å². The van der Waals surface area contributed by atoms with Crippen LogP contribution in [0.15, 0.2) is 55.0 Å². The number of nitrogens with one attached hydrogen (secondary N) is 1. The Morgan fingerprint density at radius 3 is 2.61 bits per heavy atom. The number of carbonyl (C=O) groups is 2. The maximum absolute atomic E-state index is 13.7. The number of benzene rings is 2. The Labute approximate surface area is 190 Å². The molecule has 0 aliphatic carbocycles. The molecule has 2 amide bonds. The van der Waals surface area contributed by atoms with Crippen molar-refractivity contribution in [1.29, 1.82) is 0 Å². The summed E-state index contributed by atoms with van der Waals surface area (Å²) >= 11 is 0. The summed E-state index contributed by atoms with van der Waals surface area (Å²) in [5, 5.41) is 0.733. The Balaban J connectivity index is 1.64. The molecule has 0 bridgehead atoms. The van der Waals surface area contributed by atoms with Crippen molar-refractivity contribution in [3.05, 3.63) is 83.2 Å². The number of hydrogen-bond donors (Lipinski definition) is 2. The zero-order valence-corrected chi connectivity index (χ0v) is 18.4. The van der Waals surface area contributed by atoms with Crippen LogP contribution in [0.1, 0.15) is 27.2 Å². The summed E-state index contributed by atoms with van der Waals surface area (Å²) in [6.07, 6.45) is 5.16. The van der Waals surface area contributed by atoms with Gasteiger partial charge in [0, 0.05) is 41.6 Å². The molecule has 0 aliphatic rings. The predicted octanol–water partition coefficient (Wildman–Crippen LogP) is 3.55. The molecule has 3 N–H and O–H groups in total. The molecule has 0 spiro atoms. The molecule has 8 heteroatoms. The van der Waals surface area contributed by atoms with Gasteiger partial charge in [-0.2, -0.15) is 0 Å². The molecule has 2 aromatic heterocycles. The van der Waals surface area contributed by atoms with Gasteiger partial charge in [0.15, 0.2) is 5.69 Å². The lowest BCUT2D eigenvalue weighted by Crippen LogP contribution is -2.40. The normalized spacial score (nSPS) is 11.0. The number of halogens is 1. The second-order valence-corrected chi connectivity index (χ2v) is 8.00. The zero-order valence-electron chi connectivity index (χ0n) is 18.4. The van der Waals surface area contributed by atoms with Gasteiger partial charge in [0.2, 0.25) is 5.91 Å². The van der Waals surface area contributed by atoms with E-state index < -0.39 is 11.8 Å². The predicted molar refractivity (Wildman–Crippen MR) is 124 cm³/mol. The van der Waals surface area contributed by atoms with Gasteiger partial charge < -0.3 is 15.6 Å². The molecule has 7 nitrogen and oxygen atoms in total. The van der Waals surface area contributed by atoms with Gasteiger partial charge in [-0.3, -0.25) is 14.6 Å². The fourth-order valence-electron chi connectivity index (χ4n) is 3.80. The Morgan fingerprint density at radius 2 is 1.85 bits per heavy atom. The number of nitrogens with zero attached hydrogens (tertiary/aromatic N) is 3. The van der Waals surface area contributed by atoms with Crippen LogP contribution in [0.2, 0.25) is 0 Å². The van der Waals surface area contributed by atoms with E-state index >= 15 is 0 Å². The lowest BCUT2D eigenvalue weighted by molar-refractivity contribution is -0.118. The number of H-pyrrole nitrogens is 1. The smallest absolute Gasteiger partial charge is 0.275 e. The summed E-state index contributed by atoms with van der Waals surface area (Å²) in [7, 11) is 0. The SMILES string of the molecule is Cc1ccc(-c2nccnc2C(=O)N(CCc2c[nH]c3ccc(F)cc23)CC(N)=O)cc1C. The topological polar surface area (TPSA) is 105 Å². The average molecular weight is 445 g/mol. The summed E-state index contributed by atoms with van der Waals surface area (Å²) in [5.41, 5.74) is 10.6. The van der Waals surface area contributed by atoms with Crippen molar-refractivity contribution in [3.63, 3.8) is 0 Å². The maximum atomic E-state index is 13.7. The highest BCUT2D eigenvalue weighted by Gasteiger charge is 2.24. The number of aryl methyl sites for hydroxylation is 2. The number of nitrogens with two attached hydrogens (primary N) is 1. The molecule has 0 radical (unpaired) electrons. The van der Waals surface area contributed by atoms with E-state index in [2.05, 4.69) is 15.0 Å². The monoisotopic (exact) mass is 445 g/mol. The zero-order chi connectivity index (χ0) is 23.5. The molecular weight excluding hydrogens is 421 g/mol. The largest absolute Gasteiger partial charge is 0.368 e. The number of hydrogen-bond acceptors (Lipinski definition) is 4. The van der Waals surface area contributed by atoms with Crippen LogP contribution in [0.25, 0.3) is 22.2 Å². The first-order valence-electron chi connectivity index (χ1n) is 10.5. The number of aromatic amines is 1. The first-order valence-corrected chi connectivity index (χ1v) is 10.5. The van der Waals surface area contributed by atoms with Gasteiger partial charge in [0.25, 0.3) is 5.91 Å². The second kappa shape index (κ2) is 9.20. The van der Waals surface area contributed by atoms with Gasteiger partial charge >= 0.3 is 0 Å². The average Bonchev–Trinajstić information content (AvgIpc) is 3.19. The molecule has 0 saturated heterocycles. The van der Waals surface area contributed by atoms with Crippen molar-refractivity contribution in [1.82, 2.24) is 19.9 Å². The van der Waals surface area contributed by atoms with Crippen molar-refractivity contribution < 1.29 is 14.0 Å². The summed E-state index contributed by atoms with van der Waals surface area (Å²) in [4.78, 5) is 38.3. The third kappa shape index (κ3) is 4.74. The van der Waals surface area contributed by atoms with Gasteiger partial charge in [-0.1, -0.05) is 12.1 Å². The first-order chi connectivity index (χ1) is 15.8. The molecule has 2 heterocycles. The van der Waals surface area contributed by atoms with Crippen LogP contribution >= 0.6 is 0 Å². The molecule has 4 aromatic rings. The van der Waals surface area contributed by atoms with Crippen molar-refractivity contribution in [3.8, 4) is 11.3 Å². The fourth-order valence-corrected chi connectivity index (χ4v) is 3.80. The maximum Gasteiger partial charge on any atom is 0.275 e. The third-order valence-electron chi connectivity index (χ3n) is 5.70. The van der Waals surface area contributed by atoms with Crippen LogP contribution in [-0.2, 0) is 11.2 Å². The minimum atomic E-state index is -0.634. The Hall–Kier alpha value is -4.07. The summed E-state index contributed by atoms with van der Waals surface area (Å²) < 4.78 is 13.7. The molecule has 33 heavy (non-hydrogen) atoms. The fraction of sp³-hybridized carbons (Fsp3) is 0.200. The highest BCUT2D eigenvalue weighted by atomic mass is 19.1. The van der Waals surface area contributed by atoms with E-state index in [1.165, 1.54) is 29.4 Å². The van der Waals surface area contributed by atoms with E-state index in [0.717, 1.165) is 33.2 Å². The third-order valence-corrected chi connectivity index (χ3v) is 5.70. The summed E-state index contributed by atoms with van der Waals surface area (Å²) in [6, 6.07) is 10.3. The summed E-state index contributed by atoms with van der Waals surface area (Å²) in [5.74, 6) is -1.42. The second-order valence-electron chi connectivity index (χ2n) is 8.00. The van der Waals surface area contributed by atoms with Crippen molar-refractivity contribution in [2.24, 2.45) is 5.73 Å². The van der Waals surface area contributed by atoms with Gasteiger partial charge in [-0.25, -0.2) is 9.37 Å². The van der Waals surface area contributed by atoms with Crippen LogP contribution in [0.5, 0.6) is 0 Å². The lowest BCUT2D eigenvalue weighted by atomic mass is 10.0. The van der Waals surface area contributed by atoms with Crippen molar-refractivity contribution >= 4 is 22.7 Å². The number of primary amides is 1. The van der Waals surface area contributed by atoms with Crippen LogP contribution in [0, 0.1) is 19.7 Å². The number of fused-ring (bicyclic) bond motifs is 1. The highest BCUT2D eigenvalue weighted by Crippen LogP contribution is 2.24. The van der Waals surface area contributed by atoms with Gasteiger partial charge in [-0.05, 0) is 61.2 Å². The molecule has 0 aliphatic heterocycles. The van der Waals surface area contributed by atoms with Crippen LogP contribution in [0.4, 0.5) is 4.39 Å². The lowest BCUT2D eigenvalue weighted by Gasteiger charge is -2.21. The van der Waals surface area contributed by atoms with Crippen LogP contribution < -0.4 is 5.73 Å². The van der Waals surface area contributed by atoms with Gasteiger partial charge in [-0.15, -0.1) is 0 Å². The standard InChI is InChI=1S/C25H24FN5O2/c1-15-3-4-17(11-16(15)2)23-24(29-9-8-28-23)25(33)31(14-22(27)32)10-7-18-13-30-21-6-5-19(26)12-20(18)21/h3-6,8-9,11-13,30H,7,10,14H2,1-2H3,(H2,27,32). The Morgan fingerprint density at radius 1 is 1.06 bits per heavy atom. The molecule has 0 atom stereocenters. The molecule has 0 unspecified atom stereocenters. The number of carbonyl (C=O) groups excluding carboxylic acids is 2. The molecule has 0 saturated carbocycles. The van der Waals surface area contributed by atoms with Crippen molar-refractivity contribution in [2.75, 3.05) is 13.1 Å². The van der Waals surface area contributed by atoms with Crippen LogP contribution in [0.3, 0.4) is 0 Å². The minimum Gasteiger partial charge on any atom is -0.368 e. The van der Waals surface area contributed by atoms with Crippen molar-refractivity contribution in [2.45, 2.75) is 20.3 Å². The van der Waals surface area contributed by atoms with E-state index in [-0.39, 0.29) is 24.6 Å². The van der Waals surface area contributed by atoms with E-state index in [1.807, 2.05) is 32.0 Å². The van der Waals surface area contributed by atoms with E-state index in [4.69, 9.17) is 5.73 Å². The van der Waals surface area contributed by atoms with E-state index in [1.54, 1.807) is 12.3 Å². The first kappa shape index (κ1) is 22.1. The van der Waals surface area contributed by atoms with Crippen LogP contribution in [-0.4, -0.2) is 44.8 Å². The Bertz CT molecular complexity index is 1350. The minimum absolute atomic E-state index is 0.145. The van der Waals surface area contributed by atoms with Gasteiger partial charge in [0.1, 0.15) is 11.5 Å². The molecule has 0 fully saturated rings. The van der Waals surface area contributed by atoms with E-state index in [9.17, 15) is 14.0 Å². The number of amides is 2. The highest BCUT2D eigenvalue weighted by molar-refractivity contribution is 5.99. The number of aromatic nitrogens is 3. The molecule has 2 aromatic carbocycles. The quantitative estimate of drug-likeness (QED) is 0.454. The Kier molecular flexibility index (Phi) is 6.17. The number of rotatable bonds is 7. The molecule has 168 valence electrons. The molecular formula is C25H24FN5O2. The molecule has 4 rings (SSSR count). The van der Waals surface area contributed by atoms with Gasteiger partial charge in [0.05, 0.1) is 6.54 Å².